The Labute approximate surface area is 191 Å². The van der Waals surface area contributed by atoms with Crippen LogP contribution in [0.2, 0.25) is 0 Å². The van der Waals surface area contributed by atoms with Crippen molar-refractivity contribution in [3.8, 4) is 0 Å². The number of nitrogens with one attached hydrogen (secondary N) is 2. The van der Waals surface area contributed by atoms with Crippen LogP contribution in [0.25, 0.3) is 0 Å². The van der Waals surface area contributed by atoms with E-state index in [9.17, 15) is 18.0 Å². The third-order valence-electron chi connectivity index (χ3n) is 6.29. The smallest absolute Gasteiger partial charge is 0.309 e. The minimum Gasteiger partial charge on any atom is -0.348 e. The highest BCUT2D eigenvalue weighted by Gasteiger charge is 2.33. The Balaban J connectivity index is 1.46. The van der Waals surface area contributed by atoms with Crippen LogP contribution < -0.4 is 10.6 Å². The van der Waals surface area contributed by atoms with E-state index in [0.29, 0.717) is 24.4 Å². The lowest BCUT2D eigenvalue weighted by atomic mass is 9.97. The first-order valence-corrected chi connectivity index (χ1v) is 13.1. The Morgan fingerprint density at radius 3 is 2.41 bits per heavy atom. The van der Waals surface area contributed by atoms with Gasteiger partial charge in [-0.2, -0.15) is 4.31 Å². The zero-order chi connectivity index (χ0) is 23.0. The maximum absolute atomic E-state index is 13.1. The lowest BCUT2D eigenvalue weighted by Crippen LogP contribution is -2.46. The molecule has 1 atom stereocenters. The summed E-state index contributed by atoms with van der Waals surface area (Å²) in [6.45, 7) is 3.13. The average molecular weight is 462 g/mol. The van der Waals surface area contributed by atoms with Crippen LogP contribution in [0.3, 0.4) is 0 Å². The van der Waals surface area contributed by atoms with E-state index in [1.54, 1.807) is 28.6 Å². The second kappa shape index (κ2) is 11.6. The number of carbonyl (C=O) groups excluding carboxylic acids is 2. The Hall–Kier alpha value is -2.19. The van der Waals surface area contributed by atoms with Gasteiger partial charge in [0.15, 0.2) is 0 Å². The molecule has 2 N–H and O–H groups in total. The number of rotatable bonds is 8. The molecule has 1 unspecified atom stereocenters. The highest BCUT2D eigenvalue weighted by molar-refractivity contribution is 7.89. The number of piperidine rings is 1. The quantitative estimate of drug-likeness (QED) is 0.459. The molecule has 0 saturated carbocycles. The van der Waals surface area contributed by atoms with E-state index < -0.39 is 21.8 Å². The summed E-state index contributed by atoms with van der Waals surface area (Å²) in [6.07, 6.45) is 10.6. The number of nitrogens with zero attached hydrogens (tertiary/aromatic N) is 1. The van der Waals surface area contributed by atoms with Gasteiger partial charge in [-0.1, -0.05) is 35.8 Å². The van der Waals surface area contributed by atoms with Gasteiger partial charge in [0.2, 0.25) is 10.0 Å². The number of hydrogen-bond donors (Lipinski definition) is 2. The van der Waals surface area contributed by atoms with Crippen molar-refractivity contribution in [2.45, 2.75) is 75.6 Å². The molecular weight excluding hydrogens is 426 g/mol. The zero-order valence-electron chi connectivity index (χ0n) is 18.9. The Bertz CT molecular complexity index is 925. The fourth-order valence-electron chi connectivity index (χ4n) is 4.41. The minimum absolute atomic E-state index is 0.184. The van der Waals surface area contributed by atoms with E-state index in [4.69, 9.17) is 0 Å². The minimum atomic E-state index is -3.58. The molecule has 1 saturated heterocycles. The van der Waals surface area contributed by atoms with E-state index in [1.807, 2.05) is 6.92 Å². The lowest BCUT2D eigenvalue weighted by Gasteiger charge is -2.34. The van der Waals surface area contributed by atoms with E-state index in [1.165, 1.54) is 18.4 Å². The van der Waals surface area contributed by atoms with Crippen LogP contribution in [0.1, 0.15) is 63.4 Å². The van der Waals surface area contributed by atoms with Crippen molar-refractivity contribution in [3.63, 3.8) is 0 Å². The molecule has 1 aromatic rings. The molecule has 1 aliphatic carbocycles. The molecule has 2 aliphatic rings. The number of benzene rings is 1. The van der Waals surface area contributed by atoms with Gasteiger partial charge < -0.3 is 10.6 Å². The van der Waals surface area contributed by atoms with Crippen molar-refractivity contribution in [2.75, 3.05) is 19.6 Å². The molecule has 7 nitrogen and oxygen atoms in total. The normalized spacial score (nSPS) is 19.8. The highest BCUT2D eigenvalue weighted by atomic mass is 32.2. The van der Waals surface area contributed by atoms with Gasteiger partial charge in [-0.15, -0.1) is 0 Å². The molecular formula is C24H35N3O4S. The van der Waals surface area contributed by atoms with Crippen LogP contribution in [-0.4, -0.2) is 50.2 Å². The molecule has 0 bridgehead atoms. The van der Waals surface area contributed by atoms with Crippen molar-refractivity contribution in [1.82, 2.24) is 14.9 Å². The first kappa shape index (κ1) is 24.5. The fourth-order valence-corrected chi connectivity index (χ4v) is 6.13. The predicted molar refractivity (Wildman–Crippen MR) is 125 cm³/mol. The van der Waals surface area contributed by atoms with Gasteiger partial charge in [0.1, 0.15) is 0 Å². The summed E-state index contributed by atoms with van der Waals surface area (Å²) < 4.78 is 27.8. The number of carbonyl (C=O) groups is 2. The molecule has 0 spiro atoms. The van der Waals surface area contributed by atoms with Crippen molar-refractivity contribution < 1.29 is 18.0 Å². The summed E-state index contributed by atoms with van der Waals surface area (Å²) >= 11 is 0. The number of amides is 2. The maximum atomic E-state index is 13.1. The first-order chi connectivity index (χ1) is 15.4. The van der Waals surface area contributed by atoms with Gasteiger partial charge in [-0.3, -0.25) is 9.59 Å². The van der Waals surface area contributed by atoms with Crippen molar-refractivity contribution in [1.29, 1.82) is 0 Å². The summed E-state index contributed by atoms with van der Waals surface area (Å²) in [6, 6.07) is 6.71. The summed E-state index contributed by atoms with van der Waals surface area (Å²) in [5.41, 5.74) is 2.36. The first-order valence-electron chi connectivity index (χ1n) is 11.7. The summed E-state index contributed by atoms with van der Waals surface area (Å²) in [4.78, 5) is 24.5. The summed E-state index contributed by atoms with van der Waals surface area (Å²) in [7, 11) is -3.58. The van der Waals surface area contributed by atoms with Crippen LogP contribution in [0, 0.1) is 6.92 Å². The van der Waals surface area contributed by atoms with Crippen molar-refractivity contribution in [2.24, 2.45) is 0 Å². The van der Waals surface area contributed by atoms with Gasteiger partial charge in [-0.05, 0) is 70.4 Å². The number of allylic oxidation sites excluding steroid dienone is 1. The molecule has 1 aliphatic heterocycles. The van der Waals surface area contributed by atoms with Crippen LogP contribution >= 0.6 is 0 Å². The molecule has 1 fully saturated rings. The van der Waals surface area contributed by atoms with E-state index in [0.717, 1.165) is 44.1 Å². The monoisotopic (exact) mass is 461 g/mol. The Kier molecular flexibility index (Phi) is 8.87. The predicted octanol–water partition coefficient (Wildman–Crippen LogP) is 3.05. The summed E-state index contributed by atoms with van der Waals surface area (Å²) in [5, 5.41) is 5.33. The van der Waals surface area contributed by atoms with Crippen molar-refractivity contribution >= 4 is 21.8 Å². The van der Waals surface area contributed by atoms with Gasteiger partial charge >= 0.3 is 11.8 Å². The number of aryl methyl sites for hydroxylation is 1. The number of hydrogen-bond acceptors (Lipinski definition) is 4. The van der Waals surface area contributed by atoms with Crippen LogP contribution in [0.15, 0.2) is 40.8 Å². The topological polar surface area (TPSA) is 95.6 Å². The van der Waals surface area contributed by atoms with E-state index in [2.05, 4.69) is 16.7 Å². The average Bonchev–Trinajstić information content (AvgIpc) is 2.80. The zero-order valence-corrected chi connectivity index (χ0v) is 19.8. The second-order valence-electron chi connectivity index (χ2n) is 8.74. The SMILES string of the molecule is Cc1ccc(S(=O)(=O)N2CCCCC2CCNC(=O)C(=O)NCCC2=CCCCC2)cc1. The van der Waals surface area contributed by atoms with Crippen LogP contribution in [-0.2, 0) is 19.6 Å². The maximum Gasteiger partial charge on any atom is 0.309 e. The van der Waals surface area contributed by atoms with E-state index >= 15 is 0 Å². The molecule has 176 valence electrons. The lowest BCUT2D eigenvalue weighted by molar-refractivity contribution is -0.139. The molecule has 0 radical (unpaired) electrons. The van der Waals surface area contributed by atoms with Gasteiger partial charge in [0, 0.05) is 25.7 Å². The third kappa shape index (κ3) is 6.65. The molecule has 2 amide bonds. The van der Waals surface area contributed by atoms with Crippen LogP contribution in [0.5, 0.6) is 0 Å². The standard InChI is InChI=1S/C24H35N3O4S/c1-19-10-12-22(13-11-19)32(30,31)27-18-6-5-9-21(27)15-17-26-24(29)23(28)25-16-14-20-7-3-2-4-8-20/h7,10-13,21H,2-6,8-9,14-18H2,1H3,(H,25,28)(H,26,29). The Morgan fingerprint density at radius 1 is 1.00 bits per heavy atom. The highest BCUT2D eigenvalue weighted by Crippen LogP contribution is 2.27. The second-order valence-corrected chi connectivity index (χ2v) is 10.6. The molecule has 32 heavy (non-hydrogen) atoms. The van der Waals surface area contributed by atoms with Gasteiger partial charge in [0.05, 0.1) is 4.90 Å². The molecule has 0 aromatic heterocycles. The number of sulfonamides is 1. The van der Waals surface area contributed by atoms with Gasteiger partial charge in [0.25, 0.3) is 0 Å². The summed E-state index contributed by atoms with van der Waals surface area (Å²) in [5.74, 6) is -1.29. The van der Waals surface area contributed by atoms with E-state index in [-0.39, 0.29) is 12.6 Å². The Morgan fingerprint density at radius 2 is 1.72 bits per heavy atom. The third-order valence-corrected chi connectivity index (χ3v) is 8.25. The van der Waals surface area contributed by atoms with Crippen LogP contribution in [0.4, 0.5) is 0 Å². The molecule has 1 aromatic carbocycles. The van der Waals surface area contributed by atoms with Crippen molar-refractivity contribution in [3.05, 3.63) is 41.5 Å². The largest absolute Gasteiger partial charge is 0.348 e. The fraction of sp³-hybridized carbons (Fsp3) is 0.583. The molecule has 3 rings (SSSR count). The molecule has 8 heteroatoms. The van der Waals surface area contributed by atoms with Gasteiger partial charge in [-0.25, -0.2) is 8.42 Å². The molecule has 1 heterocycles.